The van der Waals surface area contributed by atoms with Gasteiger partial charge in [0.25, 0.3) is 0 Å². The zero-order valence-electron chi connectivity index (χ0n) is 10.1. The van der Waals surface area contributed by atoms with Crippen molar-refractivity contribution in [1.82, 2.24) is 0 Å². The summed E-state index contributed by atoms with van der Waals surface area (Å²) in [5, 5.41) is 0. The molecule has 0 fully saturated rings. The number of hydrogen-bond donors (Lipinski definition) is 0. The minimum Gasteiger partial charge on any atom is -0.461 e. The van der Waals surface area contributed by atoms with E-state index in [9.17, 15) is 4.79 Å². The third-order valence-corrected chi connectivity index (χ3v) is 2.14. The number of carbonyl (C=O) groups excluding carboxylic acids is 1. The fourth-order valence-corrected chi connectivity index (χ4v) is 1.29. The minimum absolute atomic E-state index is 0.138. The van der Waals surface area contributed by atoms with Crippen molar-refractivity contribution in [1.29, 1.82) is 0 Å². The van der Waals surface area contributed by atoms with Crippen LogP contribution in [0.15, 0.2) is 24.3 Å². The lowest BCUT2D eigenvalue weighted by Crippen LogP contribution is -2.05. The molecule has 0 bridgehead atoms. The maximum Gasteiger partial charge on any atom is 0.305 e. The van der Waals surface area contributed by atoms with E-state index in [1.165, 1.54) is 0 Å². The fraction of sp³-hybridized carbons (Fsp3) is 0.615. The van der Waals surface area contributed by atoms with Crippen molar-refractivity contribution in [2.24, 2.45) is 5.92 Å². The summed E-state index contributed by atoms with van der Waals surface area (Å²) < 4.78 is 5.03. The Morgan fingerprint density at radius 1 is 1.53 bits per heavy atom. The Morgan fingerprint density at radius 2 is 2.20 bits per heavy atom. The number of hydrogen-bond acceptors (Lipinski definition) is 2. The van der Waals surface area contributed by atoms with Crippen LogP contribution in [0.4, 0.5) is 0 Å². The van der Waals surface area contributed by atoms with E-state index in [1.54, 1.807) is 6.92 Å². The molecule has 2 nitrogen and oxygen atoms in total. The third-order valence-electron chi connectivity index (χ3n) is 2.14. The number of rotatable bonds is 7. The van der Waals surface area contributed by atoms with Gasteiger partial charge in [0.2, 0.25) is 0 Å². The normalized spacial score (nSPS) is 13.4. The van der Waals surface area contributed by atoms with E-state index in [2.05, 4.69) is 19.6 Å². The summed E-state index contributed by atoms with van der Waals surface area (Å²) in [5.74, 6) is 0.379. The Hall–Kier alpha value is -1.05. The largest absolute Gasteiger partial charge is 0.461 e. The number of ether oxygens (including phenoxy) is 1. The summed E-state index contributed by atoms with van der Waals surface area (Å²) in [4.78, 5) is 10.9. The van der Waals surface area contributed by atoms with Crippen LogP contribution in [0.2, 0.25) is 0 Å². The quantitative estimate of drug-likeness (QED) is 0.475. The predicted octanol–water partition coefficient (Wildman–Crippen LogP) is 3.49. The van der Waals surface area contributed by atoms with Gasteiger partial charge in [-0.3, -0.25) is 4.79 Å². The van der Waals surface area contributed by atoms with Crippen molar-refractivity contribution in [3.05, 3.63) is 24.3 Å². The molecule has 0 aromatic carbocycles. The molecule has 1 unspecified atom stereocenters. The van der Waals surface area contributed by atoms with Gasteiger partial charge in [-0.15, -0.1) is 6.58 Å². The van der Waals surface area contributed by atoms with Gasteiger partial charge in [-0.1, -0.05) is 26.0 Å². The Balaban J connectivity index is 3.85. The predicted molar refractivity (Wildman–Crippen MR) is 63.6 cm³/mol. The van der Waals surface area contributed by atoms with Crippen molar-refractivity contribution < 1.29 is 9.53 Å². The summed E-state index contributed by atoms with van der Waals surface area (Å²) in [5.41, 5.74) is 1.12. The van der Waals surface area contributed by atoms with Crippen LogP contribution in [0.25, 0.3) is 0 Å². The smallest absolute Gasteiger partial charge is 0.305 e. The highest BCUT2D eigenvalue weighted by Gasteiger charge is 2.01. The molecule has 0 aromatic heterocycles. The molecular formula is C13H22O2. The summed E-state index contributed by atoms with van der Waals surface area (Å²) in [6.45, 7) is 10.1. The van der Waals surface area contributed by atoms with E-state index in [0.29, 0.717) is 18.9 Å². The van der Waals surface area contributed by atoms with Crippen LogP contribution in [-0.4, -0.2) is 12.6 Å². The van der Waals surface area contributed by atoms with Crippen LogP contribution in [0.5, 0.6) is 0 Å². The lowest BCUT2D eigenvalue weighted by atomic mass is 10.0. The van der Waals surface area contributed by atoms with Crippen LogP contribution >= 0.6 is 0 Å². The van der Waals surface area contributed by atoms with E-state index in [1.807, 2.05) is 13.0 Å². The molecule has 0 saturated heterocycles. The maximum atomic E-state index is 10.9. The molecular weight excluding hydrogens is 188 g/mol. The SMILES string of the molecule is C=CCCC(C)/C=C(\C)COC(=O)CC. The molecule has 0 aromatic rings. The second-order valence-corrected chi connectivity index (χ2v) is 3.87. The lowest BCUT2D eigenvalue weighted by molar-refractivity contribution is -0.142. The Kier molecular flexibility index (Phi) is 7.69. The van der Waals surface area contributed by atoms with Gasteiger partial charge >= 0.3 is 5.97 Å². The average Bonchev–Trinajstić information content (AvgIpc) is 2.22. The maximum absolute atomic E-state index is 10.9. The van der Waals surface area contributed by atoms with Crippen molar-refractivity contribution in [2.45, 2.75) is 40.0 Å². The molecule has 1 atom stereocenters. The van der Waals surface area contributed by atoms with Crippen LogP contribution in [0, 0.1) is 5.92 Å². The van der Waals surface area contributed by atoms with E-state index < -0.39 is 0 Å². The Morgan fingerprint density at radius 3 is 2.73 bits per heavy atom. The van der Waals surface area contributed by atoms with Crippen molar-refractivity contribution >= 4 is 5.97 Å². The van der Waals surface area contributed by atoms with Crippen molar-refractivity contribution in [3.8, 4) is 0 Å². The number of esters is 1. The lowest BCUT2D eigenvalue weighted by Gasteiger charge is -2.07. The first-order valence-electron chi connectivity index (χ1n) is 5.54. The molecule has 0 saturated carbocycles. The van der Waals surface area contributed by atoms with E-state index in [4.69, 9.17) is 4.74 Å². The highest BCUT2D eigenvalue weighted by Crippen LogP contribution is 2.10. The van der Waals surface area contributed by atoms with Crippen molar-refractivity contribution in [2.75, 3.05) is 6.61 Å². The summed E-state index contributed by atoms with van der Waals surface area (Å²) in [6, 6.07) is 0. The first kappa shape index (κ1) is 13.9. The van der Waals surface area contributed by atoms with E-state index >= 15 is 0 Å². The highest BCUT2D eigenvalue weighted by molar-refractivity contribution is 5.69. The Bertz CT molecular complexity index is 229. The monoisotopic (exact) mass is 210 g/mol. The fourth-order valence-electron chi connectivity index (χ4n) is 1.29. The minimum atomic E-state index is -0.138. The second kappa shape index (κ2) is 8.27. The zero-order valence-corrected chi connectivity index (χ0v) is 10.1. The molecule has 2 heteroatoms. The van der Waals surface area contributed by atoms with Crippen LogP contribution in [-0.2, 0) is 9.53 Å². The van der Waals surface area contributed by atoms with Crippen LogP contribution in [0.1, 0.15) is 40.0 Å². The molecule has 0 heterocycles. The molecule has 0 amide bonds. The highest BCUT2D eigenvalue weighted by atomic mass is 16.5. The summed E-state index contributed by atoms with van der Waals surface area (Å²) in [6.07, 6.45) is 6.66. The summed E-state index contributed by atoms with van der Waals surface area (Å²) >= 11 is 0. The molecule has 0 aliphatic carbocycles. The first-order chi connectivity index (χ1) is 7.10. The number of allylic oxidation sites excluding steroid dienone is 2. The van der Waals surface area contributed by atoms with Gasteiger partial charge in [0.05, 0.1) is 0 Å². The van der Waals surface area contributed by atoms with Gasteiger partial charge in [-0.25, -0.2) is 0 Å². The van der Waals surface area contributed by atoms with Gasteiger partial charge in [0.1, 0.15) is 6.61 Å². The van der Waals surface area contributed by atoms with Gasteiger partial charge in [-0.2, -0.15) is 0 Å². The molecule has 0 N–H and O–H groups in total. The third kappa shape index (κ3) is 7.98. The molecule has 0 aliphatic heterocycles. The molecule has 0 spiro atoms. The van der Waals surface area contributed by atoms with Gasteiger partial charge in [-0.05, 0) is 31.3 Å². The summed E-state index contributed by atoms with van der Waals surface area (Å²) in [7, 11) is 0. The average molecular weight is 210 g/mol. The first-order valence-corrected chi connectivity index (χ1v) is 5.54. The van der Waals surface area contributed by atoms with Crippen LogP contribution < -0.4 is 0 Å². The Labute approximate surface area is 93.0 Å². The van der Waals surface area contributed by atoms with E-state index in [-0.39, 0.29) is 5.97 Å². The molecule has 0 radical (unpaired) electrons. The number of carbonyl (C=O) groups is 1. The molecule has 86 valence electrons. The van der Waals surface area contributed by atoms with Gasteiger partial charge in [0, 0.05) is 6.42 Å². The molecule has 15 heavy (non-hydrogen) atoms. The van der Waals surface area contributed by atoms with Gasteiger partial charge in [0.15, 0.2) is 0 Å². The zero-order chi connectivity index (χ0) is 11.7. The topological polar surface area (TPSA) is 26.3 Å². The van der Waals surface area contributed by atoms with Gasteiger partial charge < -0.3 is 4.74 Å². The second-order valence-electron chi connectivity index (χ2n) is 3.87. The molecule has 0 rings (SSSR count). The standard InChI is InChI=1S/C13H22O2/c1-5-7-8-11(3)9-12(4)10-15-13(14)6-2/h5,9,11H,1,6-8,10H2,2-4H3/b12-9+. The van der Waals surface area contributed by atoms with Crippen molar-refractivity contribution in [3.63, 3.8) is 0 Å². The van der Waals surface area contributed by atoms with E-state index in [0.717, 1.165) is 18.4 Å². The molecule has 0 aliphatic rings. The van der Waals surface area contributed by atoms with Crippen LogP contribution in [0.3, 0.4) is 0 Å².